The molecule has 1 aromatic rings. The molecule has 0 aromatic heterocycles. The van der Waals surface area contributed by atoms with Crippen molar-refractivity contribution >= 4 is 18.0 Å². The van der Waals surface area contributed by atoms with Crippen LogP contribution < -0.4 is 0 Å². The molecule has 28 heavy (non-hydrogen) atoms. The number of rotatable bonds is 6. The Labute approximate surface area is 167 Å². The van der Waals surface area contributed by atoms with E-state index >= 15 is 0 Å². The molecule has 0 unspecified atom stereocenters. The molecule has 0 radical (unpaired) electrons. The highest BCUT2D eigenvalue weighted by Crippen LogP contribution is 2.47. The standard InChI is InChI=1S/C23H28O5/c1-5-8-16-22(4)17-23(20(24)26-6-2,21(25)27-7-3)19(28-22)15-14-18-12-10-9-11-13-18/h9-15,19H,5-7,17H2,1-4H3/b15-14+/t19-,22-/m1/s1. The molecule has 5 nitrogen and oxygen atoms in total. The lowest BCUT2D eigenvalue weighted by Crippen LogP contribution is -2.47. The molecule has 1 aliphatic heterocycles. The monoisotopic (exact) mass is 384 g/mol. The van der Waals surface area contributed by atoms with Gasteiger partial charge in [0.2, 0.25) is 0 Å². The van der Waals surface area contributed by atoms with Crippen molar-refractivity contribution in [3.05, 3.63) is 42.0 Å². The topological polar surface area (TPSA) is 61.8 Å². The lowest BCUT2D eigenvalue weighted by atomic mass is 9.76. The number of benzene rings is 1. The summed E-state index contributed by atoms with van der Waals surface area (Å²) in [5.74, 6) is 4.78. The molecule has 0 saturated carbocycles. The Kier molecular flexibility index (Phi) is 7.42. The van der Waals surface area contributed by atoms with Crippen LogP contribution in [0.1, 0.15) is 46.1 Å². The van der Waals surface area contributed by atoms with Gasteiger partial charge >= 0.3 is 11.9 Å². The molecular weight excluding hydrogens is 356 g/mol. The average Bonchev–Trinajstić information content (AvgIpc) is 3.00. The zero-order valence-electron chi connectivity index (χ0n) is 17.0. The number of ether oxygens (including phenoxy) is 3. The Morgan fingerprint density at radius 3 is 2.29 bits per heavy atom. The third-order valence-electron chi connectivity index (χ3n) is 4.56. The predicted molar refractivity (Wildman–Crippen MR) is 107 cm³/mol. The maximum Gasteiger partial charge on any atom is 0.326 e. The summed E-state index contributed by atoms with van der Waals surface area (Å²) in [5.41, 5.74) is -1.61. The van der Waals surface area contributed by atoms with Crippen molar-refractivity contribution in [2.45, 2.75) is 52.2 Å². The van der Waals surface area contributed by atoms with Crippen molar-refractivity contribution in [1.82, 2.24) is 0 Å². The Bertz CT molecular complexity index is 753. The number of hydrogen-bond acceptors (Lipinski definition) is 5. The molecule has 1 aromatic carbocycles. The fourth-order valence-corrected chi connectivity index (χ4v) is 3.35. The quantitative estimate of drug-likeness (QED) is 0.424. The number of carbonyl (C=O) groups excluding carboxylic acids is 2. The maximum atomic E-state index is 13.0. The number of carbonyl (C=O) groups is 2. The minimum absolute atomic E-state index is 0.0778. The van der Waals surface area contributed by atoms with Gasteiger partial charge in [-0.05, 0) is 26.3 Å². The van der Waals surface area contributed by atoms with Gasteiger partial charge < -0.3 is 14.2 Å². The first-order valence-electron chi connectivity index (χ1n) is 9.67. The molecule has 150 valence electrons. The van der Waals surface area contributed by atoms with Crippen molar-refractivity contribution < 1.29 is 23.8 Å². The van der Waals surface area contributed by atoms with E-state index in [1.54, 1.807) is 26.8 Å². The van der Waals surface area contributed by atoms with Crippen LogP contribution >= 0.6 is 0 Å². The van der Waals surface area contributed by atoms with E-state index in [2.05, 4.69) is 11.8 Å². The van der Waals surface area contributed by atoms with E-state index in [9.17, 15) is 9.59 Å². The lowest BCUT2D eigenvalue weighted by molar-refractivity contribution is -0.174. The first-order valence-corrected chi connectivity index (χ1v) is 9.67. The van der Waals surface area contributed by atoms with E-state index < -0.39 is 29.1 Å². The minimum atomic E-state index is -1.59. The highest BCUT2D eigenvalue weighted by atomic mass is 16.6. The van der Waals surface area contributed by atoms with Gasteiger partial charge in [0.1, 0.15) is 11.7 Å². The molecule has 2 rings (SSSR count). The third-order valence-corrected chi connectivity index (χ3v) is 4.56. The van der Waals surface area contributed by atoms with Crippen molar-refractivity contribution in [1.29, 1.82) is 0 Å². The molecule has 0 N–H and O–H groups in total. The highest BCUT2D eigenvalue weighted by Gasteiger charge is 2.64. The fraction of sp³-hybridized carbons (Fsp3) is 0.478. The Hall–Kier alpha value is -2.58. The molecule has 0 spiro atoms. The van der Waals surface area contributed by atoms with Gasteiger partial charge in [0, 0.05) is 12.8 Å². The van der Waals surface area contributed by atoms with E-state index in [1.807, 2.05) is 43.3 Å². The van der Waals surface area contributed by atoms with Crippen LogP contribution in [0.25, 0.3) is 6.08 Å². The van der Waals surface area contributed by atoms with Crippen LogP contribution in [0.5, 0.6) is 0 Å². The van der Waals surface area contributed by atoms with Crippen molar-refractivity contribution in [2.24, 2.45) is 5.41 Å². The van der Waals surface area contributed by atoms with Gasteiger partial charge in [0.15, 0.2) is 5.41 Å². The Morgan fingerprint density at radius 2 is 1.75 bits per heavy atom. The van der Waals surface area contributed by atoms with Gasteiger partial charge in [-0.1, -0.05) is 55.3 Å². The second kappa shape index (κ2) is 9.57. The SMILES string of the molecule is CCC#C[C@]1(C)CC(C(=O)OCC)(C(=O)OCC)[C@@H](/C=C/c2ccccc2)O1. The second-order valence-corrected chi connectivity index (χ2v) is 6.78. The first-order chi connectivity index (χ1) is 13.4. The van der Waals surface area contributed by atoms with Crippen LogP contribution in [0.15, 0.2) is 36.4 Å². The van der Waals surface area contributed by atoms with Gasteiger partial charge in [0.05, 0.1) is 13.2 Å². The smallest absolute Gasteiger partial charge is 0.326 e. The van der Waals surface area contributed by atoms with E-state index in [4.69, 9.17) is 14.2 Å². The minimum Gasteiger partial charge on any atom is -0.465 e. The van der Waals surface area contributed by atoms with Crippen molar-refractivity contribution in [3.8, 4) is 11.8 Å². The predicted octanol–water partition coefficient (Wildman–Crippen LogP) is 3.77. The summed E-state index contributed by atoms with van der Waals surface area (Å²) in [4.78, 5) is 26.0. The molecule has 1 heterocycles. The van der Waals surface area contributed by atoms with E-state index in [0.29, 0.717) is 6.42 Å². The molecule has 0 amide bonds. The summed E-state index contributed by atoms with van der Waals surface area (Å²) in [5, 5.41) is 0. The molecule has 5 heteroatoms. The zero-order chi connectivity index (χ0) is 20.6. The largest absolute Gasteiger partial charge is 0.465 e. The summed E-state index contributed by atoms with van der Waals surface area (Å²) in [6, 6.07) is 9.60. The molecular formula is C23H28O5. The molecule has 1 saturated heterocycles. The number of esters is 2. The van der Waals surface area contributed by atoms with E-state index in [-0.39, 0.29) is 19.6 Å². The summed E-state index contributed by atoms with van der Waals surface area (Å²) in [7, 11) is 0. The zero-order valence-corrected chi connectivity index (χ0v) is 17.0. The molecule has 1 aliphatic rings. The van der Waals surface area contributed by atoms with Gasteiger partial charge in [-0.3, -0.25) is 9.59 Å². The van der Waals surface area contributed by atoms with Crippen molar-refractivity contribution in [3.63, 3.8) is 0 Å². The van der Waals surface area contributed by atoms with Crippen LogP contribution in [-0.2, 0) is 23.8 Å². The van der Waals surface area contributed by atoms with Gasteiger partial charge in [0.25, 0.3) is 0 Å². The molecule has 0 aliphatic carbocycles. The maximum absolute atomic E-state index is 13.0. The lowest BCUT2D eigenvalue weighted by Gasteiger charge is -2.27. The Morgan fingerprint density at radius 1 is 1.14 bits per heavy atom. The normalized spacial score (nSPS) is 23.1. The van der Waals surface area contributed by atoms with Crippen LogP contribution in [-0.4, -0.2) is 36.9 Å². The molecule has 2 atom stereocenters. The van der Waals surface area contributed by atoms with Crippen molar-refractivity contribution in [2.75, 3.05) is 13.2 Å². The highest BCUT2D eigenvalue weighted by molar-refractivity contribution is 6.02. The third kappa shape index (κ3) is 4.63. The summed E-state index contributed by atoms with van der Waals surface area (Å²) in [6.07, 6.45) is 3.44. The summed E-state index contributed by atoms with van der Waals surface area (Å²) >= 11 is 0. The molecule has 0 bridgehead atoms. The fourth-order valence-electron chi connectivity index (χ4n) is 3.35. The van der Waals surface area contributed by atoms with E-state index in [0.717, 1.165) is 5.56 Å². The van der Waals surface area contributed by atoms with Crippen LogP contribution in [0.2, 0.25) is 0 Å². The second-order valence-electron chi connectivity index (χ2n) is 6.78. The molecule has 1 fully saturated rings. The van der Waals surface area contributed by atoms with Crippen LogP contribution in [0.3, 0.4) is 0 Å². The van der Waals surface area contributed by atoms with Gasteiger partial charge in [-0.2, -0.15) is 0 Å². The van der Waals surface area contributed by atoms with Crippen LogP contribution in [0, 0.1) is 17.3 Å². The summed E-state index contributed by atoms with van der Waals surface area (Å²) in [6.45, 7) is 7.45. The number of hydrogen-bond donors (Lipinski definition) is 0. The Balaban J connectivity index is 2.51. The van der Waals surface area contributed by atoms with Crippen LogP contribution in [0.4, 0.5) is 0 Å². The average molecular weight is 384 g/mol. The van der Waals surface area contributed by atoms with Gasteiger partial charge in [-0.15, -0.1) is 5.92 Å². The first kappa shape index (κ1) is 21.7. The van der Waals surface area contributed by atoms with Gasteiger partial charge in [-0.25, -0.2) is 0 Å². The summed E-state index contributed by atoms with van der Waals surface area (Å²) < 4.78 is 16.7. The van der Waals surface area contributed by atoms with E-state index in [1.165, 1.54) is 0 Å².